The Morgan fingerprint density at radius 2 is 2.00 bits per heavy atom. The molecule has 0 amide bonds. The van der Waals surface area contributed by atoms with E-state index >= 15 is 0 Å². The van der Waals surface area contributed by atoms with Crippen LogP contribution in [-0.4, -0.2) is 11.3 Å². The van der Waals surface area contributed by atoms with Crippen molar-refractivity contribution in [3.63, 3.8) is 0 Å². The molecule has 0 atom stereocenters. The van der Waals surface area contributed by atoms with Crippen LogP contribution in [-0.2, 0) is 0 Å². The summed E-state index contributed by atoms with van der Waals surface area (Å²) in [6, 6.07) is 0. The lowest BCUT2D eigenvalue weighted by Gasteiger charge is -2.07. The number of halogens is 3. The lowest BCUT2D eigenvalue weighted by atomic mass is 10.3. The highest BCUT2D eigenvalue weighted by Gasteiger charge is 2.23. The zero-order valence-electron chi connectivity index (χ0n) is 4.05. The topological polar surface area (TPSA) is 0 Å². The fraction of sp³-hybridized carbons (Fsp3) is 1.00. The van der Waals surface area contributed by atoms with Gasteiger partial charge < -0.3 is 0 Å². The molecule has 0 aliphatic carbocycles. The third-order valence-electron chi connectivity index (χ3n) is 0.713. The lowest BCUT2D eigenvalue weighted by molar-refractivity contribution is 0.0249. The van der Waals surface area contributed by atoms with Crippen molar-refractivity contribution in [2.75, 3.05) is 5.33 Å². The van der Waals surface area contributed by atoms with Gasteiger partial charge in [0.05, 0.1) is 5.33 Å². The van der Waals surface area contributed by atoms with Gasteiger partial charge in [-0.1, -0.05) is 22.9 Å². The Balaban J connectivity index is 3.36. The average molecular weight is 173 g/mol. The highest BCUT2D eigenvalue weighted by molar-refractivity contribution is 9.09. The zero-order valence-corrected chi connectivity index (χ0v) is 5.63. The summed E-state index contributed by atoms with van der Waals surface area (Å²) in [4.78, 5) is 0. The van der Waals surface area contributed by atoms with E-state index in [0.29, 0.717) is 0 Å². The van der Waals surface area contributed by atoms with E-state index in [1.165, 1.54) is 6.92 Å². The maximum absolute atomic E-state index is 11.8. The van der Waals surface area contributed by atoms with Gasteiger partial charge >= 0.3 is 0 Å². The van der Waals surface area contributed by atoms with E-state index in [1.54, 1.807) is 0 Å². The van der Waals surface area contributed by atoms with Gasteiger partial charge in [0.1, 0.15) is 0 Å². The molecule has 0 saturated carbocycles. The number of hydrogen-bond donors (Lipinski definition) is 0. The van der Waals surface area contributed by atoms with Gasteiger partial charge in [-0.25, -0.2) is 8.78 Å². The standard InChI is InChI=1S/C4H7BrF2/c1-2-4(6,7)3-5/h2-3H2,1H3. The second kappa shape index (κ2) is 2.60. The molecule has 3 heteroatoms. The van der Waals surface area contributed by atoms with Crippen molar-refractivity contribution < 1.29 is 8.78 Å². The molecule has 0 spiro atoms. The lowest BCUT2D eigenvalue weighted by Crippen LogP contribution is -2.14. The Bertz CT molecular complexity index is 47.7. The monoisotopic (exact) mass is 172 g/mol. The fourth-order valence-electron chi connectivity index (χ4n) is 0.0945. The maximum Gasteiger partial charge on any atom is 0.257 e. The summed E-state index contributed by atoms with van der Waals surface area (Å²) in [6.45, 7) is 1.46. The molecular formula is C4H7BrF2. The Hall–Kier alpha value is 0.340. The summed E-state index contributed by atoms with van der Waals surface area (Å²) in [5, 5.41) is -0.226. The van der Waals surface area contributed by atoms with Crippen LogP contribution in [0.25, 0.3) is 0 Å². The molecule has 0 N–H and O–H groups in total. The summed E-state index contributed by atoms with van der Waals surface area (Å²) in [5.41, 5.74) is 0. The summed E-state index contributed by atoms with van der Waals surface area (Å²) in [7, 11) is 0. The average Bonchev–Trinajstić information content (AvgIpc) is 1.68. The molecule has 44 valence electrons. The Morgan fingerprint density at radius 3 is 2.00 bits per heavy atom. The second-order valence-electron chi connectivity index (χ2n) is 1.34. The van der Waals surface area contributed by atoms with E-state index in [2.05, 4.69) is 15.9 Å². The van der Waals surface area contributed by atoms with Gasteiger partial charge in [0.25, 0.3) is 5.92 Å². The van der Waals surface area contributed by atoms with E-state index in [9.17, 15) is 8.78 Å². The van der Waals surface area contributed by atoms with Crippen LogP contribution in [0.1, 0.15) is 13.3 Å². The molecular weight excluding hydrogens is 166 g/mol. The number of rotatable bonds is 2. The molecule has 0 rings (SSSR count). The van der Waals surface area contributed by atoms with Crippen molar-refractivity contribution in [3.8, 4) is 0 Å². The van der Waals surface area contributed by atoms with E-state index in [-0.39, 0.29) is 11.8 Å². The molecule has 0 radical (unpaired) electrons. The van der Waals surface area contributed by atoms with Crippen LogP contribution in [0.3, 0.4) is 0 Å². The molecule has 0 bridgehead atoms. The molecule has 0 aliphatic rings. The largest absolute Gasteiger partial charge is 0.257 e. The molecule has 0 aromatic heterocycles. The molecule has 0 unspecified atom stereocenters. The first kappa shape index (κ1) is 7.34. The van der Waals surface area contributed by atoms with Gasteiger partial charge in [-0.3, -0.25) is 0 Å². The van der Waals surface area contributed by atoms with E-state index in [4.69, 9.17) is 0 Å². The number of alkyl halides is 3. The quantitative estimate of drug-likeness (QED) is 0.562. The fourth-order valence-corrected chi connectivity index (χ4v) is 0.491. The molecule has 0 aromatic carbocycles. The summed E-state index contributed by atoms with van der Waals surface area (Å²) in [6.07, 6.45) is -0.0851. The predicted molar refractivity (Wildman–Crippen MR) is 29.0 cm³/mol. The first-order valence-corrected chi connectivity index (χ1v) is 3.18. The molecule has 0 fully saturated rings. The minimum Gasteiger partial charge on any atom is -0.206 e. The summed E-state index contributed by atoms with van der Waals surface area (Å²) in [5.74, 6) is -2.50. The SMILES string of the molecule is CCC(F)(F)CBr. The summed E-state index contributed by atoms with van der Waals surface area (Å²) < 4.78 is 23.7. The van der Waals surface area contributed by atoms with Crippen LogP contribution in [0.4, 0.5) is 8.78 Å². The maximum atomic E-state index is 11.8. The first-order chi connectivity index (χ1) is 3.12. The van der Waals surface area contributed by atoms with Gasteiger partial charge in [0, 0.05) is 6.42 Å². The van der Waals surface area contributed by atoms with E-state index in [0.717, 1.165) is 0 Å². The molecule has 7 heavy (non-hydrogen) atoms. The number of hydrogen-bond acceptors (Lipinski definition) is 0. The Labute approximate surface area is 50.0 Å². The predicted octanol–water partition coefficient (Wildman–Crippen LogP) is 2.43. The van der Waals surface area contributed by atoms with Crippen molar-refractivity contribution in [3.05, 3.63) is 0 Å². The van der Waals surface area contributed by atoms with Gasteiger partial charge in [0.15, 0.2) is 0 Å². The summed E-state index contributed by atoms with van der Waals surface area (Å²) >= 11 is 2.68. The molecule has 0 aromatic rings. The van der Waals surface area contributed by atoms with Crippen LogP contribution < -0.4 is 0 Å². The van der Waals surface area contributed by atoms with Crippen LogP contribution in [0.2, 0.25) is 0 Å². The van der Waals surface area contributed by atoms with E-state index in [1.807, 2.05) is 0 Å². The highest BCUT2D eigenvalue weighted by atomic mass is 79.9. The highest BCUT2D eigenvalue weighted by Crippen LogP contribution is 2.19. The second-order valence-corrected chi connectivity index (χ2v) is 1.90. The van der Waals surface area contributed by atoms with Gasteiger partial charge in [-0.2, -0.15) is 0 Å². The first-order valence-electron chi connectivity index (χ1n) is 2.06. The van der Waals surface area contributed by atoms with Crippen LogP contribution >= 0.6 is 15.9 Å². The normalized spacial score (nSPS) is 12.0. The zero-order chi connectivity index (χ0) is 5.91. The third kappa shape index (κ3) is 2.97. The minimum absolute atomic E-state index is 0.0851. The van der Waals surface area contributed by atoms with Crippen molar-refractivity contribution in [2.24, 2.45) is 0 Å². The van der Waals surface area contributed by atoms with Gasteiger partial charge in [-0.15, -0.1) is 0 Å². The van der Waals surface area contributed by atoms with E-state index < -0.39 is 5.92 Å². The molecule has 0 heterocycles. The molecule has 0 saturated heterocycles. The minimum atomic E-state index is -2.50. The van der Waals surface area contributed by atoms with Crippen molar-refractivity contribution in [2.45, 2.75) is 19.3 Å². The Morgan fingerprint density at radius 1 is 1.57 bits per heavy atom. The van der Waals surface area contributed by atoms with Crippen LogP contribution in [0.5, 0.6) is 0 Å². The van der Waals surface area contributed by atoms with Crippen LogP contribution in [0, 0.1) is 0 Å². The van der Waals surface area contributed by atoms with Crippen LogP contribution in [0.15, 0.2) is 0 Å². The third-order valence-corrected chi connectivity index (χ3v) is 1.53. The molecule has 0 aliphatic heterocycles. The van der Waals surface area contributed by atoms with Gasteiger partial charge in [0.2, 0.25) is 0 Å². The smallest absolute Gasteiger partial charge is 0.206 e. The Kier molecular flexibility index (Phi) is 2.73. The van der Waals surface area contributed by atoms with Crippen molar-refractivity contribution >= 4 is 15.9 Å². The molecule has 0 nitrogen and oxygen atoms in total. The van der Waals surface area contributed by atoms with Crippen molar-refractivity contribution in [1.29, 1.82) is 0 Å². The van der Waals surface area contributed by atoms with Gasteiger partial charge in [-0.05, 0) is 0 Å². The van der Waals surface area contributed by atoms with Crippen molar-refractivity contribution in [1.82, 2.24) is 0 Å².